The van der Waals surface area contributed by atoms with Crippen molar-refractivity contribution < 1.29 is 19.7 Å². The summed E-state index contributed by atoms with van der Waals surface area (Å²) in [6.07, 6.45) is -0.684. The minimum atomic E-state index is -0.684. The van der Waals surface area contributed by atoms with Crippen LogP contribution in [0, 0.1) is 0 Å². The molecule has 108 valence electrons. The Bertz CT molecular complexity index is 384. The minimum absolute atomic E-state index is 0.0792. The highest BCUT2D eigenvalue weighted by atomic mass is 16.5. The average molecular weight is 269 g/mol. The van der Waals surface area contributed by atoms with E-state index in [1.807, 2.05) is 11.8 Å². The molecule has 1 rings (SSSR count). The number of nitrogens with zero attached hydrogens (tertiary/aromatic N) is 1. The fourth-order valence-corrected chi connectivity index (χ4v) is 1.96. The Morgan fingerprint density at radius 3 is 2.53 bits per heavy atom. The van der Waals surface area contributed by atoms with E-state index >= 15 is 0 Å². The van der Waals surface area contributed by atoms with E-state index in [1.165, 1.54) is 0 Å². The lowest BCUT2D eigenvalue weighted by molar-refractivity contribution is 0.101. The van der Waals surface area contributed by atoms with Crippen molar-refractivity contribution in [3.63, 3.8) is 0 Å². The largest absolute Gasteiger partial charge is 0.497 e. The van der Waals surface area contributed by atoms with Gasteiger partial charge in [0.05, 0.1) is 26.9 Å². The van der Waals surface area contributed by atoms with E-state index in [2.05, 4.69) is 0 Å². The van der Waals surface area contributed by atoms with Gasteiger partial charge in [0.15, 0.2) is 0 Å². The van der Waals surface area contributed by atoms with Gasteiger partial charge in [-0.25, -0.2) is 0 Å². The Labute approximate surface area is 114 Å². The molecule has 0 heterocycles. The standard InChI is InChI=1S/C14H23NO4/c1-4-15(7-8-16)10-13(17)12-9-11(18-2)5-6-14(12)19-3/h5-6,9,13,16-17H,4,7-8,10H2,1-3H3. The van der Waals surface area contributed by atoms with Crippen molar-refractivity contribution >= 4 is 0 Å². The van der Waals surface area contributed by atoms with E-state index in [4.69, 9.17) is 14.6 Å². The van der Waals surface area contributed by atoms with Crippen LogP contribution in [-0.4, -0.2) is 55.6 Å². The first-order valence-corrected chi connectivity index (χ1v) is 6.39. The Hall–Kier alpha value is -1.30. The normalized spacial score (nSPS) is 12.5. The highest BCUT2D eigenvalue weighted by Crippen LogP contribution is 2.29. The molecule has 5 heteroatoms. The number of hydrogen-bond acceptors (Lipinski definition) is 5. The summed E-state index contributed by atoms with van der Waals surface area (Å²) < 4.78 is 10.4. The van der Waals surface area contributed by atoms with Crippen LogP contribution in [0.25, 0.3) is 0 Å². The van der Waals surface area contributed by atoms with E-state index in [0.29, 0.717) is 30.2 Å². The molecule has 0 radical (unpaired) electrons. The number of benzene rings is 1. The van der Waals surface area contributed by atoms with Crippen LogP contribution in [0.5, 0.6) is 11.5 Å². The minimum Gasteiger partial charge on any atom is -0.497 e. The maximum atomic E-state index is 10.3. The molecule has 1 aromatic carbocycles. The quantitative estimate of drug-likeness (QED) is 0.738. The highest BCUT2D eigenvalue weighted by Gasteiger charge is 2.17. The van der Waals surface area contributed by atoms with Gasteiger partial charge in [0.25, 0.3) is 0 Å². The van der Waals surface area contributed by atoms with Gasteiger partial charge < -0.3 is 19.7 Å². The molecule has 0 saturated carbocycles. The second-order valence-electron chi connectivity index (χ2n) is 4.24. The molecule has 0 aliphatic rings. The summed E-state index contributed by atoms with van der Waals surface area (Å²) in [5.41, 5.74) is 0.693. The molecule has 0 saturated heterocycles. The molecule has 2 N–H and O–H groups in total. The first-order chi connectivity index (χ1) is 9.15. The summed E-state index contributed by atoms with van der Waals surface area (Å²) in [7, 11) is 3.16. The van der Waals surface area contributed by atoms with Crippen LogP contribution in [0.3, 0.4) is 0 Å². The van der Waals surface area contributed by atoms with Crippen molar-refractivity contribution in [3.05, 3.63) is 23.8 Å². The molecule has 0 aromatic heterocycles. The topological polar surface area (TPSA) is 62.2 Å². The molecule has 1 atom stereocenters. The molecule has 0 bridgehead atoms. The first-order valence-electron chi connectivity index (χ1n) is 6.39. The molecular weight excluding hydrogens is 246 g/mol. The van der Waals surface area contributed by atoms with Gasteiger partial charge in [0, 0.05) is 18.7 Å². The van der Waals surface area contributed by atoms with Crippen molar-refractivity contribution in [1.82, 2.24) is 4.90 Å². The zero-order valence-corrected chi connectivity index (χ0v) is 11.8. The van der Waals surface area contributed by atoms with Gasteiger partial charge in [-0.05, 0) is 24.7 Å². The summed E-state index contributed by atoms with van der Waals surface area (Å²) >= 11 is 0. The van der Waals surface area contributed by atoms with Gasteiger partial charge in [-0.3, -0.25) is 4.90 Å². The number of aliphatic hydroxyl groups is 2. The maximum absolute atomic E-state index is 10.3. The Balaban J connectivity index is 2.87. The van der Waals surface area contributed by atoms with Crippen LogP contribution < -0.4 is 9.47 Å². The number of likely N-dealkylation sites (N-methyl/N-ethyl adjacent to an activating group) is 1. The zero-order valence-electron chi connectivity index (χ0n) is 11.8. The number of aliphatic hydroxyl groups excluding tert-OH is 2. The maximum Gasteiger partial charge on any atom is 0.124 e. The molecular formula is C14H23NO4. The van der Waals surface area contributed by atoms with Crippen molar-refractivity contribution in [2.45, 2.75) is 13.0 Å². The number of hydrogen-bond donors (Lipinski definition) is 2. The molecule has 0 fully saturated rings. The summed E-state index contributed by atoms with van der Waals surface area (Å²) in [6, 6.07) is 5.34. The van der Waals surface area contributed by atoms with Crippen LogP contribution in [0.1, 0.15) is 18.6 Å². The van der Waals surface area contributed by atoms with E-state index < -0.39 is 6.10 Å². The smallest absolute Gasteiger partial charge is 0.124 e. The fourth-order valence-electron chi connectivity index (χ4n) is 1.96. The fraction of sp³-hybridized carbons (Fsp3) is 0.571. The summed E-state index contributed by atoms with van der Waals surface area (Å²) in [5, 5.41) is 19.3. The summed E-state index contributed by atoms with van der Waals surface area (Å²) in [4.78, 5) is 1.98. The summed E-state index contributed by atoms with van der Waals surface area (Å²) in [5.74, 6) is 1.31. The van der Waals surface area contributed by atoms with Crippen LogP contribution in [0.2, 0.25) is 0 Å². The van der Waals surface area contributed by atoms with Crippen molar-refractivity contribution in [2.75, 3.05) is 40.5 Å². The van der Waals surface area contributed by atoms with Gasteiger partial charge in [-0.15, -0.1) is 0 Å². The molecule has 1 aromatic rings. The van der Waals surface area contributed by atoms with Crippen LogP contribution >= 0.6 is 0 Å². The second kappa shape index (κ2) is 7.99. The van der Waals surface area contributed by atoms with Gasteiger partial charge in [-0.2, -0.15) is 0 Å². The average Bonchev–Trinajstić information content (AvgIpc) is 2.45. The third-order valence-corrected chi connectivity index (χ3v) is 3.09. The third-order valence-electron chi connectivity index (χ3n) is 3.09. The van der Waals surface area contributed by atoms with E-state index in [0.717, 1.165) is 6.54 Å². The molecule has 5 nitrogen and oxygen atoms in total. The Morgan fingerprint density at radius 2 is 2.00 bits per heavy atom. The van der Waals surface area contributed by atoms with Crippen LogP contribution in [-0.2, 0) is 0 Å². The molecule has 19 heavy (non-hydrogen) atoms. The van der Waals surface area contributed by atoms with Crippen LogP contribution in [0.4, 0.5) is 0 Å². The van der Waals surface area contributed by atoms with Gasteiger partial charge >= 0.3 is 0 Å². The van der Waals surface area contributed by atoms with E-state index in [-0.39, 0.29) is 6.61 Å². The molecule has 0 spiro atoms. The zero-order chi connectivity index (χ0) is 14.3. The molecule has 1 unspecified atom stereocenters. The lowest BCUT2D eigenvalue weighted by atomic mass is 10.1. The molecule has 0 aliphatic heterocycles. The predicted octanol–water partition coefficient (Wildman–Crippen LogP) is 1.05. The molecule has 0 aliphatic carbocycles. The van der Waals surface area contributed by atoms with Crippen molar-refractivity contribution in [1.29, 1.82) is 0 Å². The third kappa shape index (κ3) is 4.38. The van der Waals surface area contributed by atoms with Crippen molar-refractivity contribution in [2.24, 2.45) is 0 Å². The predicted molar refractivity (Wildman–Crippen MR) is 73.7 cm³/mol. The van der Waals surface area contributed by atoms with Gasteiger partial charge in [0.2, 0.25) is 0 Å². The second-order valence-corrected chi connectivity index (χ2v) is 4.24. The van der Waals surface area contributed by atoms with Gasteiger partial charge in [-0.1, -0.05) is 6.92 Å². The number of rotatable bonds is 8. The SMILES string of the molecule is CCN(CCO)CC(O)c1cc(OC)ccc1OC. The van der Waals surface area contributed by atoms with E-state index in [9.17, 15) is 5.11 Å². The number of methoxy groups -OCH3 is 2. The highest BCUT2D eigenvalue weighted by molar-refractivity contribution is 5.41. The number of ether oxygens (including phenoxy) is 2. The monoisotopic (exact) mass is 269 g/mol. The van der Waals surface area contributed by atoms with E-state index in [1.54, 1.807) is 32.4 Å². The van der Waals surface area contributed by atoms with Gasteiger partial charge in [0.1, 0.15) is 11.5 Å². The first kappa shape index (κ1) is 15.8. The Kier molecular flexibility index (Phi) is 6.62. The Morgan fingerprint density at radius 1 is 1.26 bits per heavy atom. The molecule has 0 amide bonds. The van der Waals surface area contributed by atoms with Crippen LogP contribution in [0.15, 0.2) is 18.2 Å². The lowest BCUT2D eigenvalue weighted by Gasteiger charge is -2.24. The summed E-state index contributed by atoms with van der Waals surface area (Å²) in [6.45, 7) is 3.82. The van der Waals surface area contributed by atoms with Crippen molar-refractivity contribution in [3.8, 4) is 11.5 Å². The lowest BCUT2D eigenvalue weighted by Crippen LogP contribution is -2.31.